The van der Waals surface area contributed by atoms with E-state index in [2.05, 4.69) is 5.32 Å². The molecule has 1 aromatic carbocycles. The van der Waals surface area contributed by atoms with Crippen molar-refractivity contribution in [3.05, 3.63) is 50.4 Å². The van der Waals surface area contributed by atoms with Gasteiger partial charge in [-0.1, -0.05) is 23.2 Å². The molecule has 0 radical (unpaired) electrons. The second-order valence-electron chi connectivity index (χ2n) is 3.19. The molecule has 0 spiro atoms. The Morgan fingerprint density at radius 2 is 2.00 bits per heavy atom. The van der Waals surface area contributed by atoms with Crippen molar-refractivity contribution in [2.75, 3.05) is 5.32 Å². The van der Waals surface area contributed by atoms with Gasteiger partial charge in [-0.2, -0.15) is 0 Å². The van der Waals surface area contributed by atoms with Gasteiger partial charge in [0.2, 0.25) is 0 Å². The highest BCUT2D eigenvalue weighted by Gasteiger charge is 2.01. The maximum absolute atomic E-state index is 12.9. The van der Waals surface area contributed by atoms with Crippen molar-refractivity contribution in [2.24, 2.45) is 0 Å². The fourth-order valence-corrected chi connectivity index (χ4v) is 2.45. The van der Waals surface area contributed by atoms with Crippen LogP contribution in [0.3, 0.4) is 0 Å². The number of hydrogen-bond donors (Lipinski definition) is 1. The number of thiophene rings is 1. The van der Waals surface area contributed by atoms with E-state index in [9.17, 15) is 4.39 Å². The highest BCUT2D eigenvalue weighted by atomic mass is 35.5. The normalized spacial score (nSPS) is 10.4. The Labute approximate surface area is 107 Å². The van der Waals surface area contributed by atoms with E-state index in [1.54, 1.807) is 12.1 Å². The maximum atomic E-state index is 12.9. The summed E-state index contributed by atoms with van der Waals surface area (Å²) in [4.78, 5) is 1.12. The SMILES string of the molecule is Fc1ccc(NCc2ccc(Cl)s2)cc1Cl. The molecule has 0 aliphatic heterocycles. The summed E-state index contributed by atoms with van der Waals surface area (Å²) in [6.45, 7) is 0.652. The summed E-state index contributed by atoms with van der Waals surface area (Å²) in [5.74, 6) is -0.411. The Morgan fingerprint density at radius 1 is 1.19 bits per heavy atom. The second kappa shape index (κ2) is 5.04. The molecule has 0 aliphatic carbocycles. The molecule has 1 heterocycles. The first-order valence-electron chi connectivity index (χ1n) is 4.58. The fourth-order valence-electron chi connectivity index (χ4n) is 1.24. The number of rotatable bonds is 3. The molecular weight excluding hydrogens is 268 g/mol. The number of halogens is 3. The Balaban J connectivity index is 2.02. The molecule has 0 saturated heterocycles. The molecule has 0 aliphatic rings. The third kappa shape index (κ3) is 2.88. The predicted octanol–water partition coefficient (Wildman–Crippen LogP) is 4.81. The molecule has 1 N–H and O–H groups in total. The topological polar surface area (TPSA) is 12.0 Å². The van der Waals surface area contributed by atoms with Crippen LogP contribution in [-0.2, 0) is 6.54 Å². The predicted molar refractivity (Wildman–Crippen MR) is 68.1 cm³/mol. The van der Waals surface area contributed by atoms with Crippen LogP contribution in [0.15, 0.2) is 30.3 Å². The summed E-state index contributed by atoms with van der Waals surface area (Å²) in [5.41, 5.74) is 0.788. The molecule has 0 saturated carbocycles. The highest BCUT2D eigenvalue weighted by molar-refractivity contribution is 7.16. The highest BCUT2D eigenvalue weighted by Crippen LogP contribution is 2.23. The number of anilines is 1. The molecule has 84 valence electrons. The lowest BCUT2D eigenvalue weighted by atomic mass is 10.3. The molecule has 5 heteroatoms. The van der Waals surface area contributed by atoms with Gasteiger partial charge in [-0.3, -0.25) is 0 Å². The van der Waals surface area contributed by atoms with Crippen molar-refractivity contribution in [1.29, 1.82) is 0 Å². The molecular formula is C11H8Cl2FNS. The van der Waals surface area contributed by atoms with Crippen LogP contribution in [0.5, 0.6) is 0 Å². The minimum atomic E-state index is -0.411. The quantitative estimate of drug-likeness (QED) is 0.848. The molecule has 0 amide bonds. The molecule has 2 rings (SSSR count). The van der Waals surface area contributed by atoms with Crippen molar-refractivity contribution in [1.82, 2.24) is 0 Å². The van der Waals surface area contributed by atoms with Gasteiger partial charge in [-0.25, -0.2) is 4.39 Å². The minimum absolute atomic E-state index is 0.120. The monoisotopic (exact) mass is 275 g/mol. The Hall–Kier alpha value is -0.770. The first-order valence-corrected chi connectivity index (χ1v) is 6.15. The Morgan fingerprint density at radius 3 is 2.62 bits per heavy atom. The lowest BCUT2D eigenvalue weighted by Crippen LogP contribution is -1.97. The van der Waals surface area contributed by atoms with Crippen LogP contribution in [0.1, 0.15) is 4.88 Å². The Kier molecular flexibility index (Phi) is 3.69. The summed E-state index contributed by atoms with van der Waals surface area (Å²) in [6.07, 6.45) is 0. The lowest BCUT2D eigenvalue weighted by Gasteiger charge is -2.05. The van der Waals surface area contributed by atoms with Crippen molar-refractivity contribution < 1.29 is 4.39 Å². The zero-order valence-corrected chi connectivity index (χ0v) is 10.5. The van der Waals surface area contributed by atoms with E-state index in [1.807, 2.05) is 12.1 Å². The van der Waals surface area contributed by atoms with Crippen LogP contribution in [0.25, 0.3) is 0 Å². The molecule has 0 unspecified atom stereocenters. The van der Waals surface area contributed by atoms with Gasteiger partial charge in [0, 0.05) is 17.1 Å². The van der Waals surface area contributed by atoms with Crippen molar-refractivity contribution in [3.63, 3.8) is 0 Å². The van der Waals surface area contributed by atoms with Crippen LogP contribution < -0.4 is 5.32 Å². The Bertz CT molecular complexity index is 498. The van der Waals surface area contributed by atoms with E-state index in [0.717, 1.165) is 14.9 Å². The van der Waals surface area contributed by atoms with Gasteiger partial charge in [0.25, 0.3) is 0 Å². The van der Waals surface area contributed by atoms with Crippen LogP contribution in [-0.4, -0.2) is 0 Å². The fraction of sp³-hybridized carbons (Fsp3) is 0.0909. The summed E-state index contributed by atoms with van der Waals surface area (Å²) in [5, 5.41) is 3.26. The first-order chi connectivity index (χ1) is 7.65. The van der Waals surface area contributed by atoms with Crippen LogP contribution in [0, 0.1) is 5.82 Å². The summed E-state index contributed by atoms with van der Waals surface area (Å²) >= 11 is 13.0. The molecule has 0 bridgehead atoms. The molecule has 2 aromatic rings. The van der Waals surface area contributed by atoms with Gasteiger partial charge in [-0.05, 0) is 30.3 Å². The van der Waals surface area contributed by atoms with E-state index in [1.165, 1.54) is 17.4 Å². The number of hydrogen-bond acceptors (Lipinski definition) is 2. The number of nitrogens with one attached hydrogen (secondary N) is 1. The van der Waals surface area contributed by atoms with Crippen molar-refractivity contribution >= 4 is 40.2 Å². The van der Waals surface area contributed by atoms with E-state index in [-0.39, 0.29) is 5.02 Å². The van der Waals surface area contributed by atoms with Gasteiger partial charge in [0.1, 0.15) is 5.82 Å². The smallest absolute Gasteiger partial charge is 0.141 e. The van der Waals surface area contributed by atoms with Gasteiger partial charge >= 0.3 is 0 Å². The third-order valence-corrected chi connectivity index (χ3v) is 3.54. The maximum Gasteiger partial charge on any atom is 0.141 e. The van der Waals surface area contributed by atoms with Gasteiger partial charge in [0.15, 0.2) is 0 Å². The minimum Gasteiger partial charge on any atom is -0.380 e. The summed E-state index contributed by atoms with van der Waals surface area (Å²) in [7, 11) is 0. The molecule has 1 aromatic heterocycles. The summed E-state index contributed by atoms with van der Waals surface area (Å²) in [6, 6.07) is 8.35. The molecule has 16 heavy (non-hydrogen) atoms. The average Bonchev–Trinajstić information content (AvgIpc) is 2.66. The van der Waals surface area contributed by atoms with E-state index < -0.39 is 5.82 Å². The van der Waals surface area contributed by atoms with Crippen LogP contribution in [0.2, 0.25) is 9.36 Å². The van der Waals surface area contributed by atoms with Gasteiger partial charge in [-0.15, -0.1) is 11.3 Å². The van der Waals surface area contributed by atoms with Crippen LogP contribution >= 0.6 is 34.5 Å². The largest absolute Gasteiger partial charge is 0.380 e. The molecule has 1 nitrogen and oxygen atoms in total. The van der Waals surface area contributed by atoms with Gasteiger partial charge in [0.05, 0.1) is 9.36 Å². The van der Waals surface area contributed by atoms with E-state index in [0.29, 0.717) is 6.54 Å². The first kappa shape index (κ1) is 11.7. The lowest BCUT2D eigenvalue weighted by molar-refractivity contribution is 0.628. The zero-order chi connectivity index (χ0) is 11.5. The summed E-state index contributed by atoms with van der Waals surface area (Å²) < 4.78 is 13.6. The zero-order valence-electron chi connectivity index (χ0n) is 8.14. The van der Waals surface area contributed by atoms with Gasteiger partial charge < -0.3 is 5.32 Å². The number of benzene rings is 1. The second-order valence-corrected chi connectivity index (χ2v) is 5.40. The molecule has 0 atom stereocenters. The molecule has 0 fully saturated rings. The standard InChI is InChI=1S/C11H8Cl2FNS/c12-9-5-7(1-3-10(9)14)15-6-8-2-4-11(13)16-8/h1-5,15H,6H2. The van der Waals surface area contributed by atoms with Crippen LogP contribution in [0.4, 0.5) is 10.1 Å². The third-order valence-electron chi connectivity index (χ3n) is 2.02. The van der Waals surface area contributed by atoms with Crippen molar-refractivity contribution in [3.8, 4) is 0 Å². The average molecular weight is 276 g/mol. The van der Waals surface area contributed by atoms with E-state index in [4.69, 9.17) is 23.2 Å². The van der Waals surface area contributed by atoms with E-state index >= 15 is 0 Å². The van der Waals surface area contributed by atoms with Crippen molar-refractivity contribution in [2.45, 2.75) is 6.54 Å².